The molecule has 2 saturated heterocycles. The highest BCUT2D eigenvalue weighted by Gasteiger charge is 2.41. The van der Waals surface area contributed by atoms with Crippen LogP contribution in [0.2, 0.25) is 0 Å². The van der Waals surface area contributed by atoms with Crippen LogP contribution in [0.5, 0.6) is 0 Å². The number of carbonyl (C=O) groups is 1. The molecule has 0 aromatic heterocycles. The fourth-order valence-electron chi connectivity index (χ4n) is 4.60. The van der Waals surface area contributed by atoms with Gasteiger partial charge in [-0.1, -0.05) is 24.3 Å². The third-order valence-electron chi connectivity index (χ3n) is 6.39. The van der Waals surface area contributed by atoms with Gasteiger partial charge in [0.05, 0.1) is 31.5 Å². The van der Waals surface area contributed by atoms with Gasteiger partial charge in [0.2, 0.25) is 0 Å². The van der Waals surface area contributed by atoms with E-state index in [0.29, 0.717) is 38.4 Å². The van der Waals surface area contributed by atoms with Crippen LogP contribution in [0.25, 0.3) is 0 Å². The molecule has 1 atom stereocenters. The highest BCUT2D eigenvalue weighted by Crippen LogP contribution is 2.34. The first-order valence-corrected chi connectivity index (χ1v) is 10.9. The molecule has 3 aliphatic rings. The predicted octanol–water partition coefficient (Wildman–Crippen LogP) is 3.48. The zero-order valence-corrected chi connectivity index (χ0v) is 17.7. The highest BCUT2D eigenvalue weighted by molar-refractivity contribution is 6.03. The average molecular weight is 441 g/mol. The molecule has 1 amide bonds. The lowest BCUT2D eigenvalue weighted by atomic mass is 9.98. The molecule has 6 nitrogen and oxygen atoms in total. The molecule has 3 aliphatic heterocycles. The SMILES string of the molecule is O=C(CN1CCC2(CC1)OCCO2)N1N=C(c2ccc(F)cc2)C[C@H]1c1ccc(F)cc1. The summed E-state index contributed by atoms with van der Waals surface area (Å²) in [5, 5.41) is 6.11. The Balaban J connectivity index is 1.33. The van der Waals surface area contributed by atoms with Gasteiger partial charge in [0, 0.05) is 32.4 Å². The van der Waals surface area contributed by atoms with Gasteiger partial charge in [0.1, 0.15) is 11.6 Å². The summed E-state index contributed by atoms with van der Waals surface area (Å²) in [6.45, 7) is 2.87. The van der Waals surface area contributed by atoms with E-state index in [0.717, 1.165) is 24.0 Å². The van der Waals surface area contributed by atoms with E-state index in [-0.39, 0.29) is 30.1 Å². The number of halogens is 2. The Kier molecular flexibility index (Phi) is 5.75. The zero-order valence-electron chi connectivity index (χ0n) is 17.7. The third-order valence-corrected chi connectivity index (χ3v) is 6.39. The number of rotatable bonds is 4. The second kappa shape index (κ2) is 8.69. The van der Waals surface area contributed by atoms with Crippen LogP contribution in [-0.4, -0.2) is 60.2 Å². The monoisotopic (exact) mass is 441 g/mol. The smallest absolute Gasteiger partial charge is 0.257 e. The number of likely N-dealkylation sites (tertiary alicyclic amines) is 1. The van der Waals surface area contributed by atoms with E-state index >= 15 is 0 Å². The Morgan fingerprint density at radius 1 is 0.969 bits per heavy atom. The van der Waals surface area contributed by atoms with E-state index < -0.39 is 5.79 Å². The highest BCUT2D eigenvalue weighted by atomic mass is 19.1. The Morgan fingerprint density at radius 2 is 1.56 bits per heavy atom. The molecule has 0 N–H and O–H groups in total. The Labute approximate surface area is 185 Å². The summed E-state index contributed by atoms with van der Waals surface area (Å²) in [7, 11) is 0. The van der Waals surface area contributed by atoms with Gasteiger partial charge in [-0.25, -0.2) is 13.8 Å². The molecule has 0 unspecified atom stereocenters. The molecule has 2 fully saturated rings. The predicted molar refractivity (Wildman–Crippen MR) is 114 cm³/mol. The molecule has 0 saturated carbocycles. The fraction of sp³-hybridized carbons (Fsp3) is 0.417. The molecule has 0 bridgehead atoms. The van der Waals surface area contributed by atoms with Crippen LogP contribution in [0.3, 0.4) is 0 Å². The second-order valence-corrected chi connectivity index (χ2v) is 8.45. The number of benzene rings is 2. The second-order valence-electron chi connectivity index (χ2n) is 8.45. The van der Waals surface area contributed by atoms with Gasteiger partial charge < -0.3 is 9.47 Å². The van der Waals surface area contributed by atoms with Gasteiger partial charge in [0.15, 0.2) is 5.79 Å². The molecular formula is C24H25F2N3O3. The van der Waals surface area contributed by atoms with E-state index in [1.807, 2.05) is 0 Å². The van der Waals surface area contributed by atoms with Crippen LogP contribution in [0, 0.1) is 11.6 Å². The first-order chi connectivity index (χ1) is 15.5. The van der Waals surface area contributed by atoms with Crippen molar-refractivity contribution in [1.29, 1.82) is 0 Å². The molecule has 32 heavy (non-hydrogen) atoms. The quantitative estimate of drug-likeness (QED) is 0.729. The maximum Gasteiger partial charge on any atom is 0.257 e. The van der Waals surface area contributed by atoms with E-state index in [1.54, 1.807) is 24.3 Å². The van der Waals surface area contributed by atoms with Crippen molar-refractivity contribution in [2.45, 2.75) is 31.1 Å². The minimum absolute atomic E-state index is 0.124. The van der Waals surface area contributed by atoms with Gasteiger partial charge in [-0.2, -0.15) is 5.10 Å². The molecular weight excluding hydrogens is 416 g/mol. The third kappa shape index (κ3) is 4.30. The summed E-state index contributed by atoms with van der Waals surface area (Å²) < 4.78 is 38.4. The van der Waals surface area contributed by atoms with Crippen molar-refractivity contribution in [2.75, 3.05) is 32.8 Å². The van der Waals surface area contributed by atoms with Crippen molar-refractivity contribution >= 4 is 11.6 Å². The summed E-state index contributed by atoms with van der Waals surface area (Å²) in [4.78, 5) is 15.4. The van der Waals surface area contributed by atoms with Gasteiger partial charge in [0.25, 0.3) is 5.91 Å². The summed E-state index contributed by atoms with van der Waals surface area (Å²) in [6, 6.07) is 11.9. The number of hydrazone groups is 1. The summed E-state index contributed by atoms with van der Waals surface area (Å²) in [6.07, 6.45) is 1.94. The van der Waals surface area contributed by atoms with Crippen LogP contribution < -0.4 is 0 Å². The summed E-state index contributed by atoms with van der Waals surface area (Å²) in [5.74, 6) is -1.27. The normalized spacial score (nSPS) is 23.0. The summed E-state index contributed by atoms with van der Waals surface area (Å²) >= 11 is 0. The molecule has 0 radical (unpaired) electrons. The minimum atomic E-state index is -0.488. The molecule has 8 heteroatoms. The van der Waals surface area contributed by atoms with Gasteiger partial charge in [-0.3, -0.25) is 9.69 Å². The van der Waals surface area contributed by atoms with Crippen molar-refractivity contribution in [3.63, 3.8) is 0 Å². The molecule has 5 rings (SSSR count). The lowest BCUT2D eigenvalue weighted by Gasteiger charge is -2.37. The maximum atomic E-state index is 13.5. The van der Waals surface area contributed by atoms with Gasteiger partial charge in [-0.15, -0.1) is 0 Å². The van der Waals surface area contributed by atoms with E-state index in [1.165, 1.54) is 29.3 Å². The molecule has 3 heterocycles. The Hall–Kier alpha value is -2.68. The van der Waals surface area contributed by atoms with Crippen molar-refractivity contribution in [3.8, 4) is 0 Å². The van der Waals surface area contributed by atoms with Gasteiger partial charge in [-0.05, 0) is 35.4 Å². The topological polar surface area (TPSA) is 54.4 Å². The Morgan fingerprint density at radius 3 is 2.19 bits per heavy atom. The van der Waals surface area contributed by atoms with E-state index in [9.17, 15) is 13.6 Å². The zero-order chi connectivity index (χ0) is 22.1. The first-order valence-electron chi connectivity index (χ1n) is 10.9. The fourth-order valence-corrected chi connectivity index (χ4v) is 4.60. The number of amides is 1. The van der Waals surface area contributed by atoms with Crippen LogP contribution in [0.4, 0.5) is 8.78 Å². The van der Waals surface area contributed by atoms with Crippen LogP contribution in [0.1, 0.15) is 36.4 Å². The van der Waals surface area contributed by atoms with Crippen molar-refractivity contribution in [2.24, 2.45) is 5.10 Å². The molecule has 0 aliphatic carbocycles. The maximum absolute atomic E-state index is 13.5. The van der Waals surface area contributed by atoms with Crippen LogP contribution >= 0.6 is 0 Å². The number of piperidine rings is 1. The number of hydrogen-bond donors (Lipinski definition) is 0. The minimum Gasteiger partial charge on any atom is -0.347 e. The first kappa shape index (κ1) is 21.2. The average Bonchev–Trinajstić information content (AvgIpc) is 3.45. The molecule has 2 aromatic rings. The van der Waals surface area contributed by atoms with Crippen molar-refractivity contribution < 1.29 is 23.0 Å². The largest absolute Gasteiger partial charge is 0.347 e. The van der Waals surface area contributed by atoms with Crippen molar-refractivity contribution in [1.82, 2.24) is 9.91 Å². The number of carbonyl (C=O) groups excluding carboxylic acids is 1. The molecule has 2 aromatic carbocycles. The number of nitrogens with zero attached hydrogens (tertiary/aromatic N) is 3. The Bertz CT molecular complexity index is 994. The summed E-state index contributed by atoms with van der Waals surface area (Å²) in [5.41, 5.74) is 2.29. The van der Waals surface area contributed by atoms with E-state index in [2.05, 4.69) is 10.0 Å². The standard InChI is InChI=1S/C24H25F2N3O3/c25-19-5-1-17(2-6-19)21-15-22(18-3-7-20(26)8-4-18)29(27-21)23(30)16-28-11-9-24(10-12-28)31-13-14-32-24/h1-8,22H,9-16H2/t22-/m0/s1. The number of ether oxygens (including phenoxy) is 2. The number of hydrogen-bond acceptors (Lipinski definition) is 5. The molecule has 168 valence electrons. The van der Waals surface area contributed by atoms with Crippen LogP contribution in [-0.2, 0) is 14.3 Å². The van der Waals surface area contributed by atoms with E-state index in [4.69, 9.17) is 9.47 Å². The lowest BCUT2D eigenvalue weighted by Crippen LogP contribution is -2.48. The lowest BCUT2D eigenvalue weighted by molar-refractivity contribution is -0.186. The van der Waals surface area contributed by atoms with Crippen molar-refractivity contribution in [3.05, 3.63) is 71.3 Å². The van der Waals surface area contributed by atoms with Gasteiger partial charge >= 0.3 is 0 Å². The van der Waals surface area contributed by atoms with Crippen LogP contribution in [0.15, 0.2) is 53.6 Å². The molecule has 1 spiro atoms.